The molecule has 2 unspecified atom stereocenters. The summed E-state index contributed by atoms with van der Waals surface area (Å²) in [6.07, 6.45) is 1.06. The van der Waals surface area contributed by atoms with E-state index in [0.29, 0.717) is 30.0 Å². The highest BCUT2D eigenvalue weighted by Crippen LogP contribution is 2.26. The Hall–Kier alpha value is -1.95. The molecular weight excluding hydrogens is 369 g/mol. The average Bonchev–Trinajstić information content (AvgIpc) is 2.64. The van der Waals surface area contributed by atoms with Crippen LogP contribution in [0, 0.1) is 11.7 Å². The number of rotatable bonds is 9. The maximum Gasteiger partial charge on any atom is 0.311 e. The number of halogens is 2. The number of esters is 1. The molecule has 0 amide bonds. The SMILES string of the molecule is CCOC(=O)C(COC)CC(N)Cc1ccc(-c2cc(Cl)ccc2F)cc1. The Balaban J connectivity index is 2.02. The Morgan fingerprint density at radius 2 is 1.93 bits per heavy atom. The first-order chi connectivity index (χ1) is 12.9. The molecule has 2 aromatic rings. The molecule has 0 aliphatic carbocycles. The zero-order valence-electron chi connectivity index (χ0n) is 15.6. The number of benzene rings is 2. The summed E-state index contributed by atoms with van der Waals surface area (Å²) in [5, 5.41) is 0.487. The lowest BCUT2D eigenvalue weighted by Gasteiger charge is -2.19. The molecule has 0 aliphatic rings. The summed E-state index contributed by atoms with van der Waals surface area (Å²) >= 11 is 5.96. The van der Waals surface area contributed by atoms with Crippen LogP contribution in [0.5, 0.6) is 0 Å². The van der Waals surface area contributed by atoms with Crippen molar-refractivity contribution in [3.05, 3.63) is 58.9 Å². The van der Waals surface area contributed by atoms with Crippen LogP contribution in [0.1, 0.15) is 18.9 Å². The van der Waals surface area contributed by atoms with Crippen molar-refractivity contribution in [1.82, 2.24) is 0 Å². The second-order valence-corrected chi connectivity index (χ2v) is 6.86. The van der Waals surface area contributed by atoms with Crippen molar-refractivity contribution in [1.29, 1.82) is 0 Å². The van der Waals surface area contributed by atoms with Gasteiger partial charge < -0.3 is 15.2 Å². The molecule has 2 atom stereocenters. The van der Waals surface area contributed by atoms with Crippen molar-refractivity contribution in [2.45, 2.75) is 25.8 Å². The third-order valence-electron chi connectivity index (χ3n) is 4.27. The third kappa shape index (κ3) is 6.31. The number of carbonyl (C=O) groups is 1. The molecule has 2 rings (SSSR count). The molecular formula is C21H25ClFNO3. The Labute approximate surface area is 164 Å². The van der Waals surface area contributed by atoms with Crippen LogP contribution in [0.3, 0.4) is 0 Å². The van der Waals surface area contributed by atoms with E-state index in [-0.39, 0.29) is 30.4 Å². The molecule has 0 saturated carbocycles. The fourth-order valence-electron chi connectivity index (χ4n) is 2.98. The Kier molecular flexibility index (Phi) is 8.23. The zero-order valence-corrected chi connectivity index (χ0v) is 16.3. The number of hydrogen-bond acceptors (Lipinski definition) is 4. The van der Waals surface area contributed by atoms with Crippen LogP contribution in [0.4, 0.5) is 4.39 Å². The lowest BCUT2D eigenvalue weighted by molar-refractivity contribution is -0.150. The van der Waals surface area contributed by atoms with Gasteiger partial charge in [0.15, 0.2) is 0 Å². The summed E-state index contributed by atoms with van der Waals surface area (Å²) < 4.78 is 24.2. The molecule has 27 heavy (non-hydrogen) atoms. The molecule has 0 fully saturated rings. The van der Waals surface area contributed by atoms with Gasteiger partial charge in [0.25, 0.3) is 0 Å². The monoisotopic (exact) mass is 393 g/mol. The first-order valence-corrected chi connectivity index (χ1v) is 9.27. The lowest BCUT2D eigenvalue weighted by atomic mass is 9.95. The largest absolute Gasteiger partial charge is 0.466 e. The molecule has 0 saturated heterocycles. The molecule has 146 valence electrons. The number of hydrogen-bond donors (Lipinski definition) is 1. The molecule has 6 heteroatoms. The van der Waals surface area contributed by atoms with Crippen LogP contribution in [-0.4, -0.2) is 32.3 Å². The minimum atomic E-state index is -0.384. The zero-order chi connectivity index (χ0) is 19.8. The van der Waals surface area contributed by atoms with E-state index in [1.54, 1.807) is 20.1 Å². The highest BCUT2D eigenvalue weighted by molar-refractivity contribution is 6.30. The van der Waals surface area contributed by atoms with Crippen LogP contribution < -0.4 is 5.73 Å². The maximum absolute atomic E-state index is 14.0. The normalized spacial score (nSPS) is 13.2. The third-order valence-corrected chi connectivity index (χ3v) is 4.50. The van der Waals surface area contributed by atoms with Gasteiger partial charge in [-0.05, 0) is 49.1 Å². The first-order valence-electron chi connectivity index (χ1n) is 8.90. The summed E-state index contributed by atoms with van der Waals surface area (Å²) in [4.78, 5) is 12.0. The van der Waals surface area contributed by atoms with E-state index in [1.807, 2.05) is 24.3 Å². The van der Waals surface area contributed by atoms with E-state index in [9.17, 15) is 9.18 Å². The second-order valence-electron chi connectivity index (χ2n) is 6.43. The summed E-state index contributed by atoms with van der Waals surface area (Å²) in [7, 11) is 1.55. The van der Waals surface area contributed by atoms with Gasteiger partial charge in [0, 0.05) is 23.7 Å². The van der Waals surface area contributed by atoms with E-state index in [2.05, 4.69) is 0 Å². The van der Waals surface area contributed by atoms with Crippen LogP contribution in [-0.2, 0) is 20.7 Å². The maximum atomic E-state index is 14.0. The molecule has 2 aromatic carbocycles. The molecule has 4 nitrogen and oxygen atoms in total. The summed E-state index contributed by atoms with van der Waals surface area (Å²) in [6.45, 7) is 2.38. The smallest absolute Gasteiger partial charge is 0.311 e. The highest BCUT2D eigenvalue weighted by Gasteiger charge is 2.22. The van der Waals surface area contributed by atoms with E-state index in [0.717, 1.165) is 11.1 Å². The van der Waals surface area contributed by atoms with Gasteiger partial charge in [-0.2, -0.15) is 0 Å². The van der Waals surface area contributed by atoms with Gasteiger partial charge in [-0.25, -0.2) is 4.39 Å². The van der Waals surface area contributed by atoms with Crippen molar-refractivity contribution in [3.63, 3.8) is 0 Å². The Bertz CT molecular complexity index is 752. The predicted octanol–water partition coefficient (Wildman–Crippen LogP) is 4.23. The number of methoxy groups -OCH3 is 1. The molecule has 0 aliphatic heterocycles. The van der Waals surface area contributed by atoms with Crippen molar-refractivity contribution < 1.29 is 18.7 Å². The summed E-state index contributed by atoms with van der Waals surface area (Å²) in [5.41, 5.74) is 8.44. The molecule has 0 spiro atoms. The molecule has 2 N–H and O–H groups in total. The first kappa shape index (κ1) is 21.4. The second kappa shape index (κ2) is 10.4. The lowest BCUT2D eigenvalue weighted by Crippen LogP contribution is -2.32. The summed E-state index contributed by atoms with van der Waals surface area (Å²) in [5.74, 6) is -0.993. The molecule has 0 aromatic heterocycles. The predicted molar refractivity (Wildman–Crippen MR) is 105 cm³/mol. The van der Waals surface area contributed by atoms with Gasteiger partial charge in [-0.15, -0.1) is 0 Å². The Morgan fingerprint density at radius 1 is 1.22 bits per heavy atom. The summed E-state index contributed by atoms with van der Waals surface area (Å²) in [6, 6.07) is 11.8. The molecule has 0 bridgehead atoms. The van der Waals surface area contributed by atoms with Crippen molar-refractivity contribution >= 4 is 17.6 Å². The fraction of sp³-hybridized carbons (Fsp3) is 0.381. The van der Waals surface area contributed by atoms with Gasteiger partial charge in [0.05, 0.1) is 19.1 Å². The Morgan fingerprint density at radius 3 is 2.56 bits per heavy atom. The average molecular weight is 394 g/mol. The van der Waals surface area contributed by atoms with E-state index < -0.39 is 0 Å². The van der Waals surface area contributed by atoms with Gasteiger partial charge >= 0.3 is 5.97 Å². The minimum Gasteiger partial charge on any atom is -0.466 e. The van der Waals surface area contributed by atoms with Gasteiger partial charge in [0.2, 0.25) is 0 Å². The minimum absolute atomic E-state index is 0.219. The van der Waals surface area contributed by atoms with Crippen molar-refractivity contribution in [3.8, 4) is 11.1 Å². The number of carbonyl (C=O) groups excluding carboxylic acids is 1. The number of ether oxygens (including phenoxy) is 2. The standard InChI is InChI=1S/C21H25ClFNO3/c1-3-27-21(25)16(13-26-2)11-18(24)10-14-4-6-15(7-5-14)19-12-17(22)8-9-20(19)23/h4-9,12,16,18H,3,10-11,13,24H2,1-2H3. The highest BCUT2D eigenvalue weighted by atomic mass is 35.5. The van der Waals surface area contributed by atoms with Gasteiger partial charge in [0.1, 0.15) is 5.82 Å². The molecule has 0 radical (unpaired) electrons. The van der Waals surface area contributed by atoms with Crippen LogP contribution >= 0.6 is 11.6 Å². The van der Waals surface area contributed by atoms with Gasteiger partial charge in [-0.1, -0.05) is 35.9 Å². The van der Waals surface area contributed by atoms with Crippen LogP contribution in [0.2, 0.25) is 5.02 Å². The van der Waals surface area contributed by atoms with Gasteiger partial charge in [-0.3, -0.25) is 4.79 Å². The van der Waals surface area contributed by atoms with Crippen LogP contribution in [0.25, 0.3) is 11.1 Å². The number of nitrogens with two attached hydrogens (primary N) is 1. The molecule has 0 heterocycles. The van der Waals surface area contributed by atoms with E-state index >= 15 is 0 Å². The topological polar surface area (TPSA) is 61.5 Å². The van der Waals surface area contributed by atoms with E-state index in [4.69, 9.17) is 26.8 Å². The van der Waals surface area contributed by atoms with Crippen molar-refractivity contribution in [2.24, 2.45) is 11.7 Å². The quantitative estimate of drug-likeness (QED) is 0.647. The fourth-order valence-corrected chi connectivity index (χ4v) is 3.16. The van der Waals surface area contributed by atoms with E-state index in [1.165, 1.54) is 12.1 Å². The van der Waals surface area contributed by atoms with Crippen molar-refractivity contribution in [2.75, 3.05) is 20.3 Å². The van der Waals surface area contributed by atoms with Crippen LogP contribution in [0.15, 0.2) is 42.5 Å².